The molecule has 0 spiro atoms. The van der Waals surface area contributed by atoms with Crippen LogP contribution >= 0.6 is 0 Å². The van der Waals surface area contributed by atoms with Crippen molar-refractivity contribution in [1.82, 2.24) is 4.90 Å². The zero-order valence-electron chi connectivity index (χ0n) is 11.2. The van der Waals surface area contributed by atoms with E-state index in [1.165, 1.54) is 5.56 Å². The number of esters is 1. The molecule has 1 heterocycles. The quantitative estimate of drug-likeness (QED) is 0.610. The Balaban J connectivity index is 1.90. The molecule has 1 aliphatic heterocycles. The zero-order valence-corrected chi connectivity index (χ0v) is 11.2. The second kappa shape index (κ2) is 6.48. The Morgan fingerprint density at radius 2 is 2.11 bits per heavy atom. The number of piperidine rings is 1. The first kappa shape index (κ1) is 13.7. The predicted molar refractivity (Wildman–Crippen MR) is 71.5 cm³/mol. The molecule has 0 bridgehead atoms. The number of Topliss-reactive ketones (excluding diaryl/α,β-unsaturated/α-hetero) is 1. The van der Waals surface area contributed by atoms with Gasteiger partial charge in [-0.05, 0) is 18.9 Å². The summed E-state index contributed by atoms with van der Waals surface area (Å²) in [6.45, 7) is 3.92. The topological polar surface area (TPSA) is 46.6 Å². The maximum absolute atomic E-state index is 12.0. The summed E-state index contributed by atoms with van der Waals surface area (Å²) in [5.74, 6) is -0.959. The molecule has 19 heavy (non-hydrogen) atoms. The summed E-state index contributed by atoms with van der Waals surface area (Å²) >= 11 is 0. The Hall–Kier alpha value is -1.68. The van der Waals surface area contributed by atoms with Gasteiger partial charge in [0.15, 0.2) is 5.78 Å². The van der Waals surface area contributed by atoms with Gasteiger partial charge in [0.2, 0.25) is 0 Å². The fourth-order valence-electron chi connectivity index (χ4n) is 2.35. The second-order valence-electron chi connectivity index (χ2n) is 4.76. The summed E-state index contributed by atoms with van der Waals surface area (Å²) in [6.07, 6.45) is 0.560. The van der Waals surface area contributed by atoms with E-state index in [0.29, 0.717) is 19.6 Å². The molecule has 1 aromatic carbocycles. The van der Waals surface area contributed by atoms with E-state index in [1.54, 1.807) is 6.92 Å². The maximum atomic E-state index is 12.0. The third-order valence-corrected chi connectivity index (χ3v) is 3.32. The van der Waals surface area contributed by atoms with E-state index in [2.05, 4.69) is 4.90 Å². The van der Waals surface area contributed by atoms with Crippen molar-refractivity contribution < 1.29 is 14.3 Å². The lowest BCUT2D eigenvalue weighted by Gasteiger charge is -2.29. The fourth-order valence-corrected chi connectivity index (χ4v) is 2.35. The standard InChI is InChI=1S/C15H19NO3/c1-2-19-15(18)13-8-9-16(11-14(13)17)10-12-6-4-3-5-7-12/h3-7,13H,2,8-11H2,1H3/t13-/m1/s1. The van der Waals surface area contributed by atoms with Gasteiger partial charge in [0.1, 0.15) is 5.92 Å². The molecule has 1 saturated heterocycles. The molecule has 1 aromatic rings. The predicted octanol–water partition coefficient (Wildman–Crippen LogP) is 1.64. The van der Waals surface area contributed by atoms with Crippen molar-refractivity contribution in [2.75, 3.05) is 19.7 Å². The van der Waals surface area contributed by atoms with Gasteiger partial charge in [-0.15, -0.1) is 0 Å². The van der Waals surface area contributed by atoms with Gasteiger partial charge in [0.25, 0.3) is 0 Å². The molecule has 102 valence electrons. The van der Waals surface area contributed by atoms with E-state index >= 15 is 0 Å². The highest BCUT2D eigenvalue weighted by Crippen LogP contribution is 2.17. The van der Waals surface area contributed by atoms with Crippen LogP contribution in [-0.4, -0.2) is 36.3 Å². The van der Waals surface area contributed by atoms with Crippen molar-refractivity contribution in [3.05, 3.63) is 35.9 Å². The highest BCUT2D eigenvalue weighted by atomic mass is 16.5. The van der Waals surface area contributed by atoms with Crippen molar-refractivity contribution in [3.8, 4) is 0 Å². The molecule has 1 atom stereocenters. The molecular weight excluding hydrogens is 242 g/mol. The van der Waals surface area contributed by atoms with Gasteiger partial charge in [-0.1, -0.05) is 30.3 Å². The van der Waals surface area contributed by atoms with E-state index in [1.807, 2.05) is 30.3 Å². The van der Waals surface area contributed by atoms with Crippen LogP contribution in [0.3, 0.4) is 0 Å². The first-order valence-electron chi connectivity index (χ1n) is 6.66. The molecule has 4 heteroatoms. The fraction of sp³-hybridized carbons (Fsp3) is 0.467. The molecule has 1 aliphatic rings. The number of ether oxygens (including phenoxy) is 1. The smallest absolute Gasteiger partial charge is 0.316 e. The van der Waals surface area contributed by atoms with Crippen molar-refractivity contribution in [1.29, 1.82) is 0 Å². The van der Waals surface area contributed by atoms with E-state index in [-0.39, 0.29) is 11.8 Å². The Kier molecular flexibility index (Phi) is 4.68. The molecule has 2 rings (SSSR count). The van der Waals surface area contributed by atoms with Gasteiger partial charge in [0.05, 0.1) is 13.2 Å². The molecule has 0 amide bonds. The number of hydrogen-bond acceptors (Lipinski definition) is 4. The van der Waals surface area contributed by atoms with Crippen molar-refractivity contribution >= 4 is 11.8 Å². The molecule has 4 nitrogen and oxygen atoms in total. The number of rotatable bonds is 4. The molecule has 0 aromatic heterocycles. The minimum absolute atomic E-state index is 0.0272. The number of likely N-dealkylation sites (tertiary alicyclic amines) is 1. The third kappa shape index (κ3) is 3.64. The highest BCUT2D eigenvalue weighted by Gasteiger charge is 2.33. The SMILES string of the molecule is CCOC(=O)[C@@H]1CCN(Cc2ccccc2)CC1=O. The zero-order chi connectivity index (χ0) is 13.7. The number of carbonyl (C=O) groups is 2. The van der Waals surface area contributed by atoms with Crippen LogP contribution in [0.5, 0.6) is 0 Å². The average Bonchev–Trinajstić information content (AvgIpc) is 2.40. The monoisotopic (exact) mass is 261 g/mol. The number of benzene rings is 1. The Morgan fingerprint density at radius 1 is 1.37 bits per heavy atom. The second-order valence-corrected chi connectivity index (χ2v) is 4.76. The van der Waals surface area contributed by atoms with E-state index in [9.17, 15) is 9.59 Å². The van der Waals surface area contributed by atoms with Crippen molar-refractivity contribution in [2.24, 2.45) is 5.92 Å². The Labute approximate surface area is 113 Å². The number of hydrogen-bond donors (Lipinski definition) is 0. The van der Waals surface area contributed by atoms with Crippen LogP contribution in [0.2, 0.25) is 0 Å². The summed E-state index contributed by atoms with van der Waals surface area (Å²) in [6, 6.07) is 10.0. The Bertz CT molecular complexity index is 444. The van der Waals surface area contributed by atoms with Crippen LogP contribution < -0.4 is 0 Å². The lowest BCUT2D eigenvalue weighted by atomic mass is 9.95. The summed E-state index contributed by atoms with van der Waals surface area (Å²) in [4.78, 5) is 25.7. The number of carbonyl (C=O) groups excluding carboxylic acids is 2. The molecule has 0 aliphatic carbocycles. The number of ketones is 1. The van der Waals surface area contributed by atoms with Gasteiger partial charge < -0.3 is 4.74 Å². The van der Waals surface area contributed by atoms with Gasteiger partial charge in [-0.25, -0.2) is 0 Å². The van der Waals surface area contributed by atoms with E-state index < -0.39 is 5.92 Å². The molecular formula is C15H19NO3. The average molecular weight is 261 g/mol. The van der Waals surface area contributed by atoms with Crippen LogP contribution in [-0.2, 0) is 20.9 Å². The van der Waals surface area contributed by atoms with Crippen molar-refractivity contribution in [3.63, 3.8) is 0 Å². The molecule has 0 radical (unpaired) electrons. The van der Waals surface area contributed by atoms with E-state index in [4.69, 9.17) is 4.74 Å². The van der Waals surface area contributed by atoms with Gasteiger partial charge in [0, 0.05) is 13.1 Å². The van der Waals surface area contributed by atoms with Crippen LogP contribution in [0.1, 0.15) is 18.9 Å². The normalized spacial score (nSPS) is 20.3. The third-order valence-electron chi connectivity index (χ3n) is 3.32. The minimum atomic E-state index is -0.563. The summed E-state index contributed by atoms with van der Waals surface area (Å²) in [5, 5.41) is 0. The molecule has 0 saturated carbocycles. The minimum Gasteiger partial charge on any atom is -0.465 e. The maximum Gasteiger partial charge on any atom is 0.316 e. The van der Waals surface area contributed by atoms with Crippen LogP contribution in [0.15, 0.2) is 30.3 Å². The van der Waals surface area contributed by atoms with Gasteiger partial charge in [-0.2, -0.15) is 0 Å². The summed E-state index contributed by atoms with van der Waals surface area (Å²) < 4.78 is 4.93. The summed E-state index contributed by atoms with van der Waals surface area (Å²) in [5.41, 5.74) is 1.19. The molecule has 0 unspecified atom stereocenters. The van der Waals surface area contributed by atoms with Crippen LogP contribution in [0.25, 0.3) is 0 Å². The van der Waals surface area contributed by atoms with E-state index in [0.717, 1.165) is 13.1 Å². The van der Waals surface area contributed by atoms with Gasteiger partial charge in [-0.3, -0.25) is 14.5 Å². The van der Waals surface area contributed by atoms with Gasteiger partial charge >= 0.3 is 5.97 Å². The Morgan fingerprint density at radius 3 is 2.74 bits per heavy atom. The largest absolute Gasteiger partial charge is 0.465 e. The molecule has 0 N–H and O–H groups in total. The first-order chi connectivity index (χ1) is 9.20. The first-order valence-corrected chi connectivity index (χ1v) is 6.66. The van der Waals surface area contributed by atoms with Crippen LogP contribution in [0.4, 0.5) is 0 Å². The lowest BCUT2D eigenvalue weighted by Crippen LogP contribution is -2.43. The summed E-state index contributed by atoms with van der Waals surface area (Å²) in [7, 11) is 0. The molecule has 1 fully saturated rings. The lowest BCUT2D eigenvalue weighted by molar-refractivity contribution is -0.153. The van der Waals surface area contributed by atoms with Crippen molar-refractivity contribution in [2.45, 2.75) is 19.9 Å². The highest BCUT2D eigenvalue weighted by molar-refractivity contribution is 6.00. The number of nitrogens with zero attached hydrogens (tertiary/aromatic N) is 1. The van der Waals surface area contributed by atoms with Crippen LogP contribution in [0, 0.1) is 5.92 Å².